The van der Waals surface area contributed by atoms with E-state index in [0.717, 1.165) is 10.5 Å². The van der Waals surface area contributed by atoms with Crippen molar-refractivity contribution in [3.8, 4) is 11.3 Å². The van der Waals surface area contributed by atoms with Gasteiger partial charge in [-0.15, -0.1) is 11.8 Å². The summed E-state index contributed by atoms with van der Waals surface area (Å²) in [6.45, 7) is 0. The van der Waals surface area contributed by atoms with E-state index < -0.39 is 5.97 Å². The molecule has 1 aromatic heterocycles. The van der Waals surface area contributed by atoms with Gasteiger partial charge in [0.15, 0.2) is 11.5 Å². The van der Waals surface area contributed by atoms with Crippen LogP contribution in [-0.2, 0) is 0 Å². The lowest BCUT2D eigenvalue weighted by Gasteiger charge is -2.04. The van der Waals surface area contributed by atoms with Gasteiger partial charge in [-0.3, -0.25) is 0 Å². The molecule has 1 fully saturated rings. The van der Waals surface area contributed by atoms with Gasteiger partial charge in [-0.1, -0.05) is 16.8 Å². The molecule has 0 radical (unpaired) electrons. The molecule has 3 rings (SSSR count). The predicted octanol–water partition coefficient (Wildman–Crippen LogP) is 3.95. The molecular weight excluding hydrogens is 286 g/mol. The van der Waals surface area contributed by atoms with Gasteiger partial charge in [0.25, 0.3) is 0 Å². The molecule has 1 aliphatic rings. The first-order valence-corrected chi connectivity index (χ1v) is 7.06. The third-order valence-electron chi connectivity index (χ3n) is 2.76. The molecule has 0 amide bonds. The highest BCUT2D eigenvalue weighted by atomic mass is 35.5. The molecule has 1 saturated carbocycles. The van der Waals surface area contributed by atoms with E-state index in [1.807, 2.05) is 12.1 Å². The molecule has 98 valence electrons. The van der Waals surface area contributed by atoms with E-state index in [1.165, 1.54) is 18.9 Å². The number of rotatable bonds is 4. The first-order chi connectivity index (χ1) is 9.13. The first kappa shape index (κ1) is 12.6. The highest BCUT2D eigenvalue weighted by Gasteiger charge is 2.23. The predicted molar refractivity (Wildman–Crippen MR) is 72.8 cm³/mol. The van der Waals surface area contributed by atoms with Crippen molar-refractivity contribution in [2.75, 3.05) is 0 Å². The quantitative estimate of drug-likeness (QED) is 0.925. The summed E-state index contributed by atoms with van der Waals surface area (Å²) in [7, 11) is 0. The molecule has 1 heterocycles. The van der Waals surface area contributed by atoms with Crippen LogP contribution in [0.2, 0.25) is 5.02 Å². The van der Waals surface area contributed by atoms with Crippen molar-refractivity contribution >= 4 is 29.3 Å². The molecular formula is C13H10ClNO3S. The summed E-state index contributed by atoms with van der Waals surface area (Å²) in [6, 6.07) is 6.96. The molecule has 0 bridgehead atoms. The number of aromatic carboxylic acids is 1. The van der Waals surface area contributed by atoms with Gasteiger partial charge in [0, 0.05) is 21.8 Å². The van der Waals surface area contributed by atoms with E-state index in [9.17, 15) is 4.79 Å². The fraction of sp³-hybridized carbons (Fsp3) is 0.231. The summed E-state index contributed by atoms with van der Waals surface area (Å²) in [4.78, 5) is 11.8. The average Bonchev–Trinajstić information content (AvgIpc) is 3.05. The number of thioether (sulfide) groups is 1. The lowest BCUT2D eigenvalue weighted by atomic mass is 10.1. The Labute approximate surface area is 118 Å². The molecule has 1 N–H and O–H groups in total. The topological polar surface area (TPSA) is 63.3 Å². The molecule has 1 aromatic carbocycles. The lowest BCUT2D eigenvalue weighted by molar-refractivity contribution is 0.0686. The molecule has 0 unspecified atom stereocenters. The maximum Gasteiger partial charge on any atom is 0.358 e. The molecule has 19 heavy (non-hydrogen) atoms. The van der Waals surface area contributed by atoms with Crippen LogP contribution in [0, 0.1) is 0 Å². The Morgan fingerprint density at radius 2 is 2.21 bits per heavy atom. The van der Waals surface area contributed by atoms with Crippen LogP contribution < -0.4 is 0 Å². The summed E-state index contributed by atoms with van der Waals surface area (Å²) in [6.07, 6.45) is 2.49. The van der Waals surface area contributed by atoms with E-state index in [-0.39, 0.29) is 5.69 Å². The molecule has 0 aliphatic heterocycles. The zero-order valence-corrected chi connectivity index (χ0v) is 11.4. The number of aromatic nitrogens is 1. The number of benzene rings is 1. The minimum atomic E-state index is -1.11. The standard InChI is InChI=1S/C13H10ClNO3S/c14-9-5-7(1-4-12(9)19-8-2-3-8)11-6-10(13(16)17)15-18-11/h1,4-6,8H,2-3H2,(H,16,17). The van der Waals surface area contributed by atoms with Crippen molar-refractivity contribution in [3.63, 3.8) is 0 Å². The maximum atomic E-state index is 10.7. The van der Waals surface area contributed by atoms with Crippen molar-refractivity contribution < 1.29 is 14.4 Å². The Hall–Kier alpha value is -1.46. The van der Waals surface area contributed by atoms with E-state index in [0.29, 0.717) is 16.0 Å². The van der Waals surface area contributed by atoms with Gasteiger partial charge in [-0.2, -0.15) is 0 Å². The molecule has 2 aromatic rings. The monoisotopic (exact) mass is 295 g/mol. The largest absolute Gasteiger partial charge is 0.476 e. The number of hydrogen-bond donors (Lipinski definition) is 1. The van der Waals surface area contributed by atoms with Crippen molar-refractivity contribution in [2.45, 2.75) is 23.0 Å². The summed E-state index contributed by atoms with van der Waals surface area (Å²) >= 11 is 8.00. The van der Waals surface area contributed by atoms with E-state index >= 15 is 0 Å². The van der Waals surface area contributed by atoms with Crippen LogP contribution >= 0.6 is 23.4 Å². The van der Waals surface area contributed by atoms with Crippen LogP contribution in [0.5, 0.6) is 0 Å². The third kappa shape index (κ3) is 2.77. The van der Waals surface area contributed by atoms with Gasteiger partial charge in [0.2, 0.25) is 0 Å². The Balaban J connectivity index is 1.87. The number of nitrogens with zero attached hydrogens (tertiary/aromatic N) is 1. The first-order valence-electron chi connectivity index (χ1n) is 5.80. The Bertz CT molecular complexity index is 637. The summed E-state index contributed by atoms with van der Waals surface area (Å²) < 4.78 is 5.00. The van der Waals surface area contributed by atoms with Crippen molar-refractivity contribution in [1.29, 1.82) is 0 Å². The zero-order chi connectivity index (χ0) is 13.4. The van der Waals surface area contributed by atoms with Crippen LogP contribution in [0.1, 0.15) is 23.3 Å². The SMILES string of the molecule is O=C(O)c1cc(-c2ccc(SC3CC3)c(Cl)c2)on1. The molecule has 0 atom stereocenters. The van der Waals surface area contributed by atoms with Crippen LogP contribution in [0.4, 0.5) is 0 Å². The highest BCUT2D eigenvalue weighted by Crippen LogP contribution is 2.42. The van der Waals surface area contributed by atoms with Gasteiger partial charge in [0.05, 0.1) is 5.02 Å². The van der Waals surface area contributed by atoms with Crippen LogP contribution in [0.25, 0.3) is 11.3 Å². The van der Waals surface area contributed by atoms with Gasteiger partial charge in [0.1, 0.15) is 0 Å². The normalized spacial score (nSPS) is 14.6. The summed E-state index contributed by atoms with van der Waals surface area (Å²) in [5.41, 5.74) is 0.618. The van der Waals surface area contributed by atoms with Crippen molar-refractivity contribution in [1.82, 2.24) is 5.16 Å². The van der Waals surface area contributed by atoms with Crippen molar-refractivity contribution in [3.05, 3.63) is 35.0 Å². The fourth-order valence-electron chi connectivity index (χ4n) is 1.63. The maximum absolute atomic E-state index is 10.7. The second kappa shape index (κ2) is 4.90. The minimum Gasteiger partial charge on any atom is -0.476 e. The second-order valence-corrected chi connectivity index (χ2v) is 6.09. The molecule has 0 spiro atoms. The van der Waals surface area contributed by atoms with Crippen molar-refractivity contribution in [2.24, 2.45) is 0 Å². The molecule has 1 aliphatic carbocycles. The molecule has 0 saturated heterocycles. The molecule has 4 nitrogen and oxygen atoms in total. The third-order valence-corrected chi connectivity index (χ3v) is 4.60. The lowest BCUT2D eigenvalue weighted by Crippen LogP contribution is -1.94. The minimum absolute atomic E-state index is 0.109. The fourth-order valence-corrected chi connectivity index (χ4v) is 2.99. The Morgan fingerprint density at radius 1 is 1.42 bits per heavy atom. The number of hydrogen-bond acceptors (Lipinski definition) is 4. The van der Waals surface area contributed by atoms with E-state index in [2.05, 4.69) is 5.16 Å². The Kier molecular flexibility index (Phi) is 3.24. The second-order valence-electron chi connectivity index (χ2n) is 4.34. The number of carbonyl (C=O) groups is 1. The molecule has 6 heteroatoms. The number of carboxylic acid groups (broad SMARTS) is 1. The van der Waals surface area contributed by atoms with Crippen LogP contribution in [-0.4, -0.2) is 21.5 Å². The van der Waals surface area contributed by atoms with Crippen LogP contribution in [0.3, 0.4) is 0 Å². The zero-order valence-electron chi connectivity index (χ0n) is 9.80. The van der Waals surface area contributed by atoms with Crippen LogP contribution in [0.15, 0.2) is 33.7 Å². The van der Waals surface area contributed by atoms with Gasteiger partial charge in [-0.25, -0.2) is 4.79 Å². The summed E-state index contributed by atoms with van der Waals surface area (Å²) in [5.74, 6) is -0.704. The van der Waals surface area contributed by atoms with Gasteiger partial charge < -0.3 is 9.63 Å². The van der Waals surface area contributed by atoms with Gasteiger partial charge in [-0.05, 0) is 31.0 Å². The number of carboxylic acids is 1. The Morgan fingerprint density at radius 3 is 2.79 bits per heavy atom. The van der Waals surface area contributed by atoms with E-state index in [4.69, 9.17) is 21.2 Å². The number of halogens is 1. The average molecular weight is 296 g/mol. The van der Waals surface area contributed by atoms with Gasteiger partial charge >= 0.3 is 5.97 Å². The van der Waals surface area contributed by atoms with E-state index in [1.54, 1.807) is 17.8 Å². The smallest absolute Gasteiger partial charge is 0.358 e. The highest BCUT2D eigenvalue weighted by molar-refractivity contribution is 8.00. The summed E-state index contributed by atoms with van der Waals surface area (Å²) in [5, 5.41) is 13.6.